The lowest BCUT2D eigenvalue weighted by Gasteiger charge is -2.18. The summed E-state index contributed by atoms with van der Waals surface area (Å²) in [5.74, 6) is 1.39. The number of oxazole rings is 2. The van der Waals surface area contributed by atoms with Gasteiger partial charge in [-0.3, -0.25) is 4.18 Å². The highest BCUT2D eigenvalue weighted by Crippen LogP contribution is 2.39. The van der Waals surface area contributed by atoms with Crippen LogP contribution in [0.3, 0.4) is 0 Å². The first-order valence-electron chi connectivity index (χ1n) is 13.9. The van der Waals surface area contributed by atoms with Crippen LogP contribution < -0.4 is 4.74 Å². The summed E-state index contributed by atoms with van der Waals surface area (Å²) < 4.78 is 48.9. The highest BCUT2D eigenvalue weighted by Gasteiger charge is 2.22. The molecule has 0 aliphatic heterocycles. The molecule has 2 aromatic heterocycles. The van der Waals surface area contributed by atoms with Crippen LogP contribution in [0, 0.1) is 13.8 Å². The Hall–Kier alpha value is -4.47. The SMILES string of the molecule is COc1cc(-c2nc3c(COS(=O)(=O)c4ccc(C)cc4)cccc3o2)c(C)cc1-c1nc2cc(C(C)(C)C)ccc2o1. The van der Waals surface area contributed by atoms with E-state index < -0.39 is 10.1 Å². The number of hydrogen-bond acceptors (Lipinski definition) is 8. The summed E-state index contributed by atoms with van der Waals surface area (Å²) in [5, 5.41) is 0. The Kier molecular flexibility index (Phi) is 7.10. The number of para-hydroxylation sites is 1. The Labute approximate surface area is 250 Å². The molecular formula is C34H32N2O6S. The minimum Gasteiger partial charge on any atom is -0.496 e. The fourth-order valence-electron chi connectivity index (χ4n) is 4.91. The molecule has 220 valence electrons. The largest absolute Gasteiger partial charge is 0.496 e. The summed E-state index contributed by atoms with van der Waals surface area (Å²) in [5.41, 5.74) is 7.54. The molecule has 43 heavy (non-hydrogen) atoms. The maximum atomic E-state index is 12.8. The minimum absolute atomic E-state index is 0.00977. The number of methoxy groups -OCH3 is 1. The van der Waals surface area contributed by atoms with Gasteiger partial charge in [-0.1, -0.05) is 56.7 Å². The van der Waals surface area contributed by atoms with Crippen molar-refractivity contribution < 1.29 is 26.2 Å². The third kappa shape index (κ3) is 5.53. The van der Waals surface area contributed by atoms with E-state index in [1.54, 1.807) is 37.4 Å². The van der Waals surface area contributed by atoms with Gasteiger partial charge in [0.25, 0.3) is 10.1 Å². The van der Waals surface area contributed by atoms with Crippen LogP contribution in [0.25, 0.3) is 45.1 Å². The topological polar surface area (TPSA) is 105 Å². The molecule has 0 unspecified atom stereocenters. The van der Waals surface area contributed by atoms with Crippen molar-refractivity contribution in [3.63, 3.8) is 0 Å². The van der Waals surface area contributed by atoms with E-state index >= 15 is 0 Å². The lowest BCUT2D eigenvalue weighted by Crippen LogP contribution is -2.10. The van der Waals surface area contributed by atoms with Gasteiger partial charge in [-0.25, -0.2) is 9.97 Å². The van der Waals surface area contributed by atoms with E-state index in [0.29, 0.717) is 45.3 Å². The molecule has 0 saturated carbocycles. The van der Waals surface area contributed by atoms with Gasteiger partial charge in [0.15, 0.2) is 11.2 Å². The molecule has 0 fully saturated rings. The summed E-state index contributed by atoms with van der Waals surface area (Å²) in [6, 6.07) is 21.7. The van der Waals surface area contributed by atoms with Crippen LogP contribution in [0.4, 0.5) is 0 Å². The molecule has 0 aliphatic carbocycles. The van der Waals surface area contributed by atoms with Crippen LogP contribution in [-0.4, -0.2) is 25.5 Å². The van der Waals surface area contributed by atoms with Crippen LogP contribution >= 0.6 is 0 Å². The zero-order valence-electron chi connectivity index (χ0n) is 24.9. The monoisotopic (exact) mass is 596 g/mol. The molecule has 0 bridgehead atoms. The van der Waals surface area contributed by atoms with Crippen LogP contribution in [0.5, 0.6) is 5.75 Å². The van der Waals surface area contributed by atoms with Gasteiger partial charge in [0.1, 0.15) is 16.8 Å². The minimum atomic E-state index is -3.95. The van der Waals surface area contributed by atoms with E-state index in [-0.39, 0.29) is 16.9 Å². The number of nitrogens with zero attached hydrogens (tertiary/aromatic N) is 2. The molecular weight excluding hydrogens is 564 g/mol. The van der Waals surface area contributed by atoms with Gasteiger partial charge >= 0.3 is 0 Å². The molecule has 9 heteroatoms. The fraction of sp³-hybridized carbons (Fsp3) is 0.235. The van der Waals surface area contributed by atoms with E-state index in [2.05, 4.69) is 32.9 Å². The molecule has 0 saturated heterocycles. The maximum absolute atomic E-state index is 12.8. The summed E-state index contributed by atoms with van der Waals surface area (Å²) in [6.07, 6.45) is 0. The molecule has 0 radical (unpaired) electrons. The van der Waals surface area contributed by atoms with Crippen molar-refractivity contribution in [2.24, 2.45) is 0 Å². The molecule has 0 aliphatic rings. The van der Waals surface area contributed by atoms with E-state index in [4.69, 9.17) is 27.7 Å². The summed E-state index contributed by atoms with van der Waals surface area (Å²) >= 11 is 0. The third-order valence-corrected chi connectivity index (χ3v) is 8.72. The Morgan fingerprint density at radius 3 is 2.26 bits per heavy atom. The van der Waals surface area contributed by atoms with E-state index in [9.17, 15) is 8.42 Å². The normalized spacial score (nSPS) is 12.3. The number of fused-ring (bicyclic) bond motifs is 2. The van der Waals surface area contributed by atoms with Gasteiger partial charge < -0.3 is 13.6 Å². The molecule has 0 atom stereocenters. The fourth-order valence-corrected chi connectivity index (χ4v) is 5.80. The lowest BCUT2D eigenvalue weighted by atomic mass is 9.87. The van der Waals surface area contributed by atoms with Gasteiger partial charge in [-0.2, -0.15) is 8.42 Å². The van der Waals surface area contributed by atoms with E-state index in [1.807, 2.05) is 32.0 Å². The number of aryl methyl sites for hydroxylation is 2. The van der Waals surface area contributed by atoms with Crippen molar-refractivity contribution in [2.45, 2.75) is 51.5 Å². The van der Waals surface area contributed by atoms with Crippen LogP contribution in [-0.2, 0) is 26.3 Å². The number of ether oxygens (including phenoxy) is 1. The van der Waals surface area contributed by atoms with Gasteiger partial charge in [0.2, 0.25) is 11.8 Å². The smallest absolute Gasteiger partial charge is 0.297 e. The second-order valence-electron chi connectivity index (χ2n) is 11.6. The molecule has 6 aromatic rings. The number of benzene rings is 4. The highest BCUT2D eigenvalue weighted by atomic mass is 32.2. The first kappa shape index (κ1) is 28.6. The Balaban J connectivity index is 1.33. The summed E-state index contributed by atoms with van der Waals surface area (Å²) in [6.45, 7) is 10.1. The van der Waals surface area contributed by atoms with Crippen LogP contribution in [0.15, 0.2) is 86.5 Å². The predicted molar refractivity (Wildman–Crippen MR) is 166 cm³/mol. The number of hydrogen-bond donors (Lipinski definition) is 0. The van der Waals surface area contributed by atoms with Crippen molar-refractivity contribution in [3.05, 3.63) is 95.1 Å². The van der Waals surface area contributed by atoms with Crippen LogP contribution in [0.1, 0.15) is 43.0 Å². The van der Waals surface area contributed by atoms with Gasteiger partial charge in [-0.15, -0.1) is 0 Å². The molecule has 2 heterocycles. The van der Waals surface area contributed by atoms with Gasteiger partial charge in [-0.05, 0) is 72.9 Å². The molecule has 0 N–H and O–H groups in total. The zero-order valence-corrected chi connectivity index (χ0v) is 25.7. The first-order chi connectivity index (χ1) is 20.4. The Bertz CT molecular complexity index is 2080. The second-order valence-corrected chi connectivity index (χ2v) is 13.2. The van der Waals surface area contributed by atoms with Crippen molar-refractivity contribution in [1.29, 1.82) is 0 Å². The van der Waals surface area contributed by atoms with Crippen LogP contribution in [0.2, 0.25) is 0 Å². The van der Waals surface area contributed by atoms with Gasteiger partial charge in [0.05, 0.1) is 24.2 Å². The maximum Gasteiger partial charge on any atom is 0.297 e. The van der Waals surface area contributed by atoms with E-state index in [0.717, 1.165) is 22.2 Å². The average molecular weight is 597 g/mol. The van der Waals surface area contributed by atoms with Crippen molar-refractivity contribution >= 4 is 32.3 Å². The Morgan fingerprint density at radius 1 is 0.814 bits per heavy atom. The molecule has 6 rings (SSSR count). The molecule has 4 aromatic carbocycles. The Morgan fingerprint density at radius 2 is 1.53 bits per heavy atom. The molecule has 0 spiro atoms. The lowest BCUT2D eigenvalue weighted by molar-refractivity contribution is 0.309. The molecule has 0 amide bonds. The van der Waals surface area contributed by atoms with Crippen molar-refractivity contribution in [1.82, 2.24) is 9.97 Å². The van der Waals surface area contributed by atoms with Gasteiger partial charge in [0, 0.05) is 11.1 Å². The van der Waals surface area contributed by atoms with Crippen molar-refractivity contribution in [3.8, 4) is 28.7 Å². The average Bonchev–Trinajstić information content (AvgIpc) is 3.60. The first-order valence-corrected chi connectivity index (χ1v) is 15.3. The number of rotatable bonds is 7. The standard InChI is InChI=1S/C34H32N2O6S/c1-20-10-13-24(14-11-20)43(37,38)40-19-22-8-7-9-29-31(22)36-32(42-29)25-18-30(39-6)26(16-21(25)2)33-35-27-17-23(34(3,4)5)12-15-28(27)41-33/h7-18H,19H2,1-6H3. The molecule has 8 nitrogen and oxygen atoms in total. The predicted octanol–water partition coefficient (Wildman–Crippen LogP) is 8.13. The van der Waals surface area contributed by atoms with E-state index in [1.165, 1.54) is 17.7 Å². The quantitative estimate of drug-likeness (QED) is 0.170. The number of aromatic nitrogens is 2. The summed E-state index contributed by atoms with van der Waals surface area (Å²) in [4.78, 5) is 9.61. The summed E-state index contributed by atoms with van der Waals surface area (Å²) in [7, 11) is -2.35. The zero-order chi connectivity index (χ0) is 30.5. The third-order valence-electron chi connectivity index (χ3n) is 7.44. The second kappa shape index (κ2) is 10.7. The highest BCUT2D eigenvalue weighted by molar-refractivity contribution is 7.86. The van der Waals surface area contributed by atoms with Crippen molar-refractivity contribution in [2.75, 3.05) is 7.11 Å².